The van der Waals surface area contributed by atoms with Crippen LogP contribution in [-0.4, -0.2) is 15.8 Å². The van der Waals surface area contributed by atoms with Gasteiger partial charge in [-0.1, -0.05) is 11.6 Å². The molecule has 0 bridgehead atoms. The Kier molecular flexibility index (Phi) is 2.84. The molecule has 3 aromatic rings. The fourth-order valence-corrected chi connectivity index (χ4v) is 2.46. The van der Waals surface area contributed by atoms with Crippen molar-refractivity contribution in [3.05, 3.63) is 64.4 Å². The summed E-state index contributed by atoms with van der Waals surface area (Å²) in [4.78, 5) is 19.7. The number of ketones is 1. The second kappa shape index (κ2) is 4.52. The lowest BCUT2D eigenvalue weighted by Crippen LogP contribution is -2.00. The first kappa shape index (κ1) is 11.9. The average molecular weight is 271 g/mol. The number of pyridine rings is 1. The second-order valence-electron chi connectivity index (χ2n) is 4.45. The van der Waals surface area contributed by atoms with E-state index in [9.17, 15) is 4.79 Å². The van der Waals surface area contributed by atoms with Gasteiger partial charge in [0.25, 0.3) is 0 Å². The quantitative estimate of drug-likeness (QED) is 0.721. The Morgan fingerprint density at radius 3 is 2.95 bits per heavy atom. The first-order chi connectivity index (χ1) is 9.15. The van der Waals surface area contributed by atoms with Crippen molar-refractivity contribution in [2.24, 2.45) is 0 Å². The lowest BCUT2D eigenvalue weighted by molar-refractivity contribution is 0.104. The van der Waals surface area contributed by atoms with Crippen LogP contribution in [0.5, 0.6) is 0 Å². The summed E-state index contributed by atoms with van der Waals surface area (Å²) in [7, 11) is 0. The highest BCUT2D eigenvalue weighted by Gasteiger charge is 2.15. The lowest BCUT2D eigenvalue weighted by atomic mass is 10.0. The smallest absolute Gasteiger partial charge is 0.195 e. The SMILES string of the molecule is Cc1cc(Cl)cc(C(=O)c2c[nH]c3ncccc23)c1. The van der Waals surface area contributed by atoms with Gasteiger partial charge in [-0.3, -0.25) is 4.79 Å². The summed E-state index contributed by atoms with van der Waals surface area (Å²) >= 11 is 6.00. The van der Waals surface area contributed by atoms with E-state index in [4.69, 9.17) is 11.6 Å². The highest BCUT2D eigenvalue weighted by atomic mass is 35.5. The van der Waals surface area contributed by atoms with Gasteiger partial charge < -0.3 is 4.98 Å². The number of hydrogen-bond acceptors (Lipinski definition) is 2. The van der Waals surface area contributed by atoms with E-state index < -0.39 is 0 Å². The van der Waals surface area contributed by atoms with Crippen LogP contribution in [-0.2, 0) is 0 Å². The fraction of sp³-hybridized carbons (Fsp3) is 0.0667. The van der Waals surface area contributed by atoms with Gasteiger partial charge >= 0.3 is 0 Å². The topological polar surface area (TPSA) is 45.8 Å². The minimum absolute atomic E-state index is 0.0511. The molecule has 3 rings (SSSR count). The van der Waals surface area contributed by atoms with Crippen molar-refractivity contribution in [3.8, 4) is 0 Å². The van der Waals surface area contributed by atoms with Gasteiger partial charge in [-0.15, -0.1) is 0 Å². The Bertz CT molecular complexity index is 756. The van der Waals surface area contributed by atoms with Gasteiger partial charge in [-0.2, -0.15) is 0 Å². The number of hydrogen-bond donors (Lipinski definition) is 1. The molecule has 2 heterocycles. The molecule has 0 atom stereocenters. The maximum Gasteiger partial charge on any atom is 0.195 e. The van der Waals surface area contributed by atoms with Gasteiger partial charge in [-0.05, 0) is 42.8 Å². The van der Waals surface area contributed by atoms with Crippen molar-refractivity contribution in [3.63, 3.8) is 0 Å². The number of benzene rings is 1. The van der Waals surface area contributed by atoms with Crippen LogP contribution in [0.3, 0.4) is 0 Å². The number of fused-ring (bicyclic) bond motifs is 1. The highest BCUT2D eigenvalue weighted by Crippen LogP contribution is 2.22. The van der Waals surface area contributed by atoms with Gasteiger partial charge in [0, 0.05) is 33.9 Å². The third-order valence-corrected chi connectivity index (χ3v) is 3.22. The minimum Gasteiger partial charge on any atom is -0.345 e. The zero-order valence-electron chi connectivity index (χ0n) is 10.3. The Balaban J connectivity index is 2.13. The zero-order valence-corrected chi connectivity index (χ0v) is 11.0. The first-order valence-electron chi connectivity index (χ1n) is 5.89. The van der Waals surface area contributed by atoms with Gasteiger partial charge in [0.05, 0.1) is 0 Å². The van der Waals surface area contributed by atoms with Crippen LogP contribution in [0.2, 0.25) is 5.02 Å². The summed E-state index contributed by atoms with van der Waals surface area (Å²) in [6.07, 6.45) is 3.38. The molecule has 94 valence electrons. The van der Waals surface area contributed by atoms with Gasteiger partial charge in [0.2, 0.25) is 0 Å². The number of aryl methyl sites for hydroxylation is 1. The van der Waals surface area contributed by atoms with Crippen LogP contribution in [0.4, 0.5) is 0 Å². The molecule has 1 aromatic carbocycles. The van der Waals surface area contributed by atoms with Crippen LogP contribution >= 0.6 is 11.6 Å². The summed E-state index contributed by atoms with van der Waals surface area (Å²) < 4.78 is 0. The number of carbonyl (C=O) groups is 1. The van der Waals surface area contributed by atoms with Crippen molar-refractivity contribution >= 4 is 28.4 Å². The number of nitrogens with zero attached hydrogens (tertiary/aromatic N) is 1. The molecular weight excluding hydrogens is 260 g/mol. The summed E-state index contributed by atoms with van der Waals surface area (Å²) in [5, 5.41) is 1.39. The van der Waals surface area contributed by atoms with E-state index in [1.165, 1.54) is 0 Å². The Hall–Kier alpha value is -2.13. The normalized spacial score (nSPS) is 10.8. The van der Waals surface area contributed by atoms with Crippen molar-refractivity contribution < 1.29 is 4.79 Å². The Labute approximate surface area is 115 Å². The predicted molar refractivity (Wildman–Crippen MR) is 75.7 cm³/mol. The van der Waals surface area contributed by atoms with Gasteiger partial charge in [0.1, 0.15) is 5.65 Å². The molecule has 0 aliphatic carbocycles. The lowest BCUT2D eigenvalue weighted by Gasteiger charge is -2.02. The molecule has 0 saturated carbocycles. The fourth-order valence-electron chi connectivity index (χ4n) is 2.17. The molecule has 3 nitrogen and oxygen atoms in total. The van der Waals surface area contributed by atoms with E-state index in [0.717, 1.165) is 10.9 Å². The number of carbonyl (C=O) groups excluding carboxylic acids is 1. The van der Waals surface area contributed by atoms with Crippen molar-refractivity contribution in [2.75, 3.05) is 0 Å². The monoisotopic (exact) mass is 270 g/mol. The van der Waals surface area contributed by atoms with Crippen LogP contribution in [0.1, 0.15) is 21.5 Å². The Morgan fingerprint density at radius 2 is 2.16 bits per heavy atom. The van der Waals surface area contributed by atoms with Crippen molar-refractivity contribution in [2.45, 2.75) is 6.92 Å². The van der Waals surface area contributed by atoms with Gasteiger partial charge in [-0.25, -0.2) is 4.98 Å². The second-order valence-corrected chi connectivity index (χ2v) is 4.88. The summed E-state index contributed by atoms with van der Waals surface area (Å²) in [6, 6.07) is 9.05. The molecule has 0 unspecified atom stereocenters. The van der Waals surface area contributed by atoms with Crippen molar-refractivity contribution in [1.82, 2.24) is 9.97 Å². The number of H-pyrrole nitrogens is 1. The molecule has 0 spiro atoms. The highest BCUT2D eigenvalue weighted by molar-refractivity contribution is 6.31. The number of rotatable bonds is 2. The minimum atomic E-state index is -0.0511. The van der Waals surface area contributed by atoms with E-state index in [1.54, 1.807) is 18.5 Å². The number of nitrogens with one attached hydrogen (secondary N) is 1. The first-order valence-corrected chi connectivity index (χ1v) is 6.27. The molecule has 0 radical (unpaired) electrons. The zero-order chi connectivity index (χ0) is 13.4. The third-order valence-electron chi connectivity index (χ3n) is 3.00. The number of aromatic amines is 1. The summed E-state index contributed by atoms with van der Waals surface area (Å²) in [5.74, 6) is -0.0511. The van der Waals surface area contributed by atoms with E-state index in [2.05, 4.69) is 9.97 Å². The molecule has 0 amide bonds. The Morgan fingerprint density at radius 1 is 1.32 bits per heavy atom. The number of aromatic nitrogens is 2. The van der Waals surface area contributed by atoms with E-state index in [0.29, 0.717) is 21.8 Å². The summed E-state index contributed by atoms with van der Waals surface area (Å²) in [6.45, 7) is 1.92. The number of halogens is 1. The molecule has 0 aliphatic heterocycles. The van der Waals surface area contributed by atoms with Crippen LogP contribution in [0.25, 0.3) is 11.0 Å². The average Bonchev–Trinajstić information content (AvgIpc) is 2.80. The molecule has 19 heavy (non-hydrogen) atoms. The van der Waals surface area contributed by atoms with Gasteiger partial charge in [0.15, 0.2) is 5.78 Å². The molecule has 0 fully saturated rings. The molecule has 0 aliphatic rings. The molecule has 0 saturated heterocycles. The van der Waals surface area contributed by atoms with Crippen molar-refractivity contribution in [1.29, 1.82) is 0 Å². The standard InChI is InChI=1S/C15H11ClN2O/c1-9-5-10(7-11(16)6-9)14(19)13-8-18-15-12(13)3-2-4-17-15/h2-8H,1H3,(H,17,18). The molecule has 2 aromatic heterocycles. The van der Waals surface area contributed by atoms with Crippen LogP contribution in [0.15, 0.2) is 42.7 Å². The maximum atomic E-state index is 12.5. The molecular formula is C15H11ClN2O. The largest absolute Gasteiger partial charge is 0.345 e. The van der Waals surface area contributed by atoms with E-state index >= 15 is 0 Å². The van der Waals surface area contributed by atoms with Crippen LogP contribution < -0.4 is 0 Å². The summed E-state index contributed by atoms with van der Waals surface area (Å²) in [5.41, 5.74) is 2.89. The third kappa shape index (κ3) is 2.13. The molecule has 4 heteroatoms. The van der Waals surface area contributed by atoms with Crippen LogP contribution in [0, 0.1) is 6.92 Å². The predicted octanol–water partition coefficient (Wildman–Crippen LogP) is 3.76. The molecule has 1 N–H and O–H groups in total. The van der Waals surface area contributed by atoms with E-state index in [1.807, 2.05) is 31.2 Å². The maximum absolute atomic E-state index is 12.5. The van der Waals surface area contributed by atoms with E-state index in [-0.39, 0.29) is 5.78 Å².